The SMILES string of the molecule is CN1CCCCC1CCNCCn1ccnn1. The van der Waals surface area contributed by atoms with Gasteiger partial charge in [-0.3, -0.25) is 4.68 Å². The molecule has 0 amide bonds. The highest BCUT2D eigenvalue weighted by molar-refractivity contribution is 4.74. The zero-order chi connectivity index (χ0) is 11.9. The monoisotopic (exact) mass is 237 g/mol. The zero-order valence-corrected chi connectivity index (χ0v) is 10.7. The van der Waals surface area contributed by atoms with Crippen molar-refractivity contribution in [3.05, 3.63) is 12.4 Å². The molecule has 5 nitrogen and oxygen atoms in total. The Balaban J connectivity index is 1.53. The van der Waals surface area contributed by atoms with Crippen molar-refractivity contribution in [3.63, 3.8) is 0 Å². The first kappa shape index (κ1) is 12.5. The van der Waals surface area contributed by atoms with E-state index in [9.17, 15) is 0 Å². The fourth-order valence-electron chi connectivity index (χ4n) is 2.45. The van der Waals surface area contributed by atoms with Gasteiger partial charge in [-0.2, -0.15) is 0 Å². The second kappa shape index (κ2) is 6.71. The fourth-order valence-corrected chi connectivity index (χ4v) is 2.45. The lowest BCUT2D eigenvalue weighted by Gasteiger charge is -2.32. The van der Waals surface area contributed by atoms with E-state index in [0.29, 0.717) is 0 Å². The topological polar surface area (TPSA) is 46.0 Å². The summed E-state index contributed by atoms with van der Waals surface area (Å²) in [5.74, 6) is 0. The Labute approximate surface area is 103 Å². The summed E-state index contributed by atoms with van der Waals surface area (Å²) in [5, 5.41) is 11.2. The van der Waals surface area contributed by atoms with E-state index < -0.39 is 0 Å². The zero-order valence-electron chi connectivity index (χ0n) is 10.7. The van der Waals surface area contributed by atoms with E-state index in [2.05, 4.69) is 27.6 Å². The average molecular weight is 237 g/mol. The maximum absolute atomic E-state index is 3.93. The van der Waals surface area contributed by atoms with E-state index in [1.54, 1.807) is 6.20 Å². The van der Waals surface area contributed by atoms with Gasteiger partial charge in [-0.1, -0.05) is 11.6 Å². The standard InChI is InChI=1S/C12H23N5/c1-16-9-3-2-4-12(16)5-6-13-7-10-17-11-8-14-15-17/h8,11-13H,2-7,9-10H2,1H3. The molecule has 0 aliphatic carbocycles. The second-order valence-electron chi connectivity index (χ2n) is 4.84. The molecule has 1 unspecified atom stereocenters. The summed E-state index contributed by atoms with van der Waals surface area (Å²) in [6.07, 6.45) is 9.00. The highest BCUT2D eigenvalue weighted by atomic mass is 15.4. The van der Waals surface area contributed by atoms with Gasteiger partial charge in [0, 0.05) is 18.8 Å². The number of aromatic nitrogens is 3. The molecule has 1 atom stereocenters. The van der Waals surface area contributed by atoms with Crippen LogP contribution in [-0.4, -0.2) is 52.6 Å². The normalized spacial score (nSPS) is 21.8. The Morgan fingerprint density at radius 1 is 1.35 bits per heavy atom. The summed E-state index contributed by atoms with van der Waals surface area (Å²) in [5.41, 5.74) is 0. The molecule has 1 saturated heterocycles. The molecular weight excluding hydrogens is 214 g/mol. The minimum atomic E-state index is 0.780. The Bertz CT molecular complexity index is 298. The van der Waals surface area contributed by atoms with Gasteiger partial charge in [-0.25, -0.2) is 0 Å². The number of piperidine rings is 1. The summed E-state index contributed by atoms with van der Waals surface area (Å²) in [7, 11) is 2.25. The Morgan fingerprint density at radius 2 is 2.29 bits per heavy atom. The second-order valence-corrected chi connectivity index (χ2v) is 4.84. The molecule has 0 aromatic carbocycles. The highest BCUT2D eigenvalue weighted by Crippen LogP contribution is 2.16. The Kier molecular flexibility index (Phi) is 4.94. The minimum Gasteiger partial charge on any atom is -0.315 e. The van der Waals surface area contributed by atoms with Gasteiger partial charge in [-0.05, 0) is 39.4 Å². The van der Waals surface area contributed by atoms with Gasteiger partial charge in [0.1, 0.15) is 0 Å². The van der Waals surface area contributed by atoms with Gasteiger partial charge in [-0.15, -0.1) is 5.10 Å². The first-order valence-corrected chi connectivity index (χ1v) is 6.61. The third-order valence-corrected chi connectivity index (χ3v) is 3.57. The summed E-state index contributed by atoms with van der Waals surface area (Å²) >= 11 is 0. The first-order chi connectivity index (χ1) is 8.36. The number of rotatable bonds is 6. The van der Waals surface area contributed by atoms with Crippen molar-refractivity contribution in [2.75, 3.05) is 26.7 Å². The van der Waals surface area contributed by atoms with Crippen LogP contribution in [0.4, 0.5) is 0 Å². The Hall–Kier alpha value is -0.940. The van der Waals surface area contributed by atoms with Crippen molar-refractivity contribution < 1.29 is 0 Å². The van der Waals surface area contributed by atoms with Crippen LogP contribution in [0.5, 0.6) is 0 Å². The molecule has 2 rings (SSSR count). The predicted octanol–water partition coefficient (Wildman–Crippen LogP) is 0.742. The van der Waals surface area contributed by atoms with Gasteiger partial charge in [0.15, 0.2) is 0 Å². The third kappa shape index (κ3) is 4.09. The molecule has 0 bridgehead atoms. The molecule has 96 valence electrons. The molecule has 0 spiro atoms. The summed E-state index contributed by atoms with van der Waals surface area (Å²) in [4.78, 5) is 2.50. The average Bonchev–Trinajstić information content (AvgIpc) is 2.84. The van der Waals surface area contributed by atoms with Crippen molar-refractivity contribution in [1.29, 1.82) is 0 Å². The van der Waals surface area contributed by atoms with E-state index in [-0.39, 0.29) is 0 Å². The molecule has 5 heteroatoms. The molecule has 1 aromatic rings. The van der Waals surface area contributed by atoms with E-state index in [4.69, 9.17) is 0 Å². The molecule has 1 aromatic heterocycles. The molecular formula is C12H23N5. The van der Waals surface area contributed by atoms with Crippen LogP contribution in [0.2, 0.25) is 0 Å². The lowest BCUT2D eigenvalue weighted by atomic mass is 10.0. The predicted molar refractivity (Wildman–Crippen MR) is 67.8 cm³/mol. The summed E-state index contributed by atoms with van der Waals surface area (Å²) in [6.45, 7) is 4.24. The molecule has 0 radical (unpaired) electrons. The fraction of sp³-hybridized carbons (Fsp3) is 0.833. The van der Waals surface area contributed by atoms with E-state index in [1.807, 2.05) is 10.9 Å². The van der Waals surface area contributed by atoms with E-state index in [1.165, 1.54) is 32.2 Å². The number of nitrogens with zero attached hydrogens (tertiary/aromatic N) is 4. The molecule has 2 heterocycles. The van der Waals surface area contributed by atoms with Crippen molar-refractivity contribution in [1.82, 2.24) is 25.2 Å². The van der Waals surface area contributed by atoms with Gasteiger partial charge >= 0.3 is 0 Å². The van der Waals surface area contributed by atoms with Gasteiger partial charge in [0.2, 0.25) is 0 Å². The molecule has 1 fully saturated rings. The number of nitrogens with one attached hydrogen (secondary N) is 1. The highest BCUT2D eigenvalue weighted by Gasteiger charge is 2.17. The maximum Gasteiger partial charge on any atom is 0.0692 e. The Morgan fingerprint density at radius 3 is 3.06 bits per heavy atom. The molecule has 1 aliphatic rings. The summed E-state index contributed by atoms with van der Waals surface area (Å²) in [6, 6.07) is 0.780. The van der Waals surface area contributed by atoms with Crippen molar-refractivity contribution in [2.45, 2.75) is 38.3 Å². The van der Waals surface area contributed by atoms with Crippen molar-refractivity contribution in [2.24, 2.45) is 0 Å². The van der Waals surface area contributed by atoms with Crippen LogP contribution in [0.1, 0.15) is 25.7 Å². The largest absolute Gasteiger partial charge is 0.315 e. The maximum atomic E-state index is 3.93. The van der Waals surface area contributed by atoms with Gasteiger partial charge in [0.25, 0.3) is 0 Å². The lowest BCUT2D eigenvalue weighted by molar-refractivity contribution is 0.175. The van der Waals surface area contributed by atoms with Crippen LogP contribution in [0.3, 0.4) is 0 Å². The first-order valence-electron chi connectivity index (χ1n) is 6.61. The van der Waals surface area contributed by atoms with E-state index in [0.717, 1.165) is 25.7 Å². The molecule has 1 aliphatic heterocycles. The minimum absolute atomic E-state index is 0.780. The van der Waals surface area contributed by atoms with E-state index >= 15 is 0 Å². The lowest BCUT2D eigenvalue weighted by Crippen LogP contribution is -2.38. The van der Waals surface area contributed by atoms with Gasteiger partial charge < -0.3 is 10.2 Å². The number of likely N-dealkylation sites (tertiary alicyclic amines) is 1. The van der Waals surface area contributed by atoms with Crippen LogP contribution >= 0.6 is 0 Å². The molecule has 0 saturated carbocycles. The smallest absolute Gasteiger partial charge is 0.0692 e. The third-order valence-electron chi connectivity index (χ3n) is 3.57. The molecule has 17 heavy (non-hydrogen) atoms. The van der Waals surface area contributed by atoms with Crippen LogP contribution in [0, 0.1) is 0 Å². The van der Waals surface area contributed by atoms with Crippen molar-refractivity contribution >= 4 is 0 Å². The van der Waals surface area contributed by atoms with Crippen LogP contribution in [-0.2, 0) is 6.54 Å². The molecule has 1 N–H and O–H groups in total. The van der Waals surface area contributed by atoms with Crippen LogP contribution in [0.15, 0.2) is 12.4 Å². The van der Waals surface area contributed by atoms with Crippen LogP contribution < -0.4 is 5.32 Å². The quantitative estimate of drug-likeness (QED) is 0.741. The number of hydrogen-bond acceptors (Lipinski definition) is 4. The number of hydrogen-bond donors (Lipinski definition) is 1. The summed E-state index contributed by atoms with van der Waals surface area (Å²) < 4.78 is 1.86. The van der Waals surface area contributed by atoms with Crippen LogP contribution in [0.25, 0.3) is 0 Å². The van der Waals surface area contributed by atoms with Gasteiger partial charge in [0.05, 0.1) is 12.7 Å². The van der Waals surface area contributed by atoms with Crippen molar-refractivity contribution in [3.8, 4) is 0 Å².